The molecule has 2 aromatic rings. The monoisotopic (exact) mass is 160 g/mol. The van der Waals surface area contributed by atoms with Crippen molar-refractivity contribution in [2.75, 3.05) is 5.73 Å². The van der Waals surface area contributed by atoms with E-state index in [-0.39, 0.29) is 0 Å². The maximum atomic E-state index is 5.79. The molecule has 0 fully saturated rings. The summed E-state index contributed by atoms with van der Waals surface area (Å²) in [5.74, 6) is 0. The highest BCUT2D eigenvalue weighted by Gasteiger charge is 2.02. The molecule has 2 nitrogen and oxygen atoms in total. The normalized spacial score (nSPS) is 10.8. The Balaban J connectivity index is 2.80. The number of anilines is 1. The van der Waals surface area contributed by atoms with Gasteiger partial charge in [0.25, 0.3) is 0 Å². The second-order valence-electron chi connectivity index (χ2n) is 2.94. The fraction of sp³-hybridized carbons (Fsp3) is 0.200. The number of aromatic nitrogens is 1. The molecule has 2 rings (SSSR count). The zero-order chi connectivity index (χ0) is 8.55. The number of rotatable bonds is 1. The molecule has 0 aliphatic heterocycles. The SMILES string of the molecule is CCc1c[nH]c2c(N)cccc12. The third-order valence-corrected chi connectivity index (χ3v) is 2.21. The van der Waals surface area contributed by atoms with E-state index >= 15 is 0 Å². The topological polar surface area (TPSA) is 41.8 Å². The Morgan fingerprint density at radius 2 is 2.25 bits per heavy atom. The molecule has 2 heteroatoms. The number of hydrogen-bond acceptors (Lipinski definition) is 1. The van der Waals surface area contributed by atoms with Gasteiger partial charge in [-0.1, -0.05) is 19.1 Å². The van der Waals surface area contributed by atoms with Gasteiger partial charge in [0, 0.05) is 11.6 Å². The molecule has 0 saturated heterocycles. The molecule has 0 spiro atoms. The number of hydrogen-bond donors (Lipinski definition) is 2. The van der Waals surface area contributed by atoms with E-state index in [9.17, 15) is 0 Å². The molecule has 0 radical (unpaired) electrons. The van der Waals surface area contributed by atoms with Crippen LogP contribution in [0.3, 0.4) is 0 Å². The van der Waals surface area contributed by atoms with Crippen molar-refractivity contribution in [1.29, 1.82) is 0 Å². The third kappa shape index (κ3) is 0.881. The maximum Gasteiger partial charge on any atom is 0.0690 e. The quantitative estimate of drug-likeness (QED) is 0.617. The van der Waals surface area contributed by atoms with Crippen molar-refractivity contribution in [3.63, 3.8) is 0 Å². The molecule has 12 heavy (non-hydrogen) atoms. The number of H-pyrrole nitrogens is 1. The minimum atomic E-state index is 0.826. The average Bonchev–Trinajstić information content (AvgIpc) is 2.49. The molecule has 1 aromatic heterocycles. The molecule has 3 N–H and O–H groups in total. The number of para-hydroxylation sites is 1. The first-order valence-electron chi connectivity index (χ1n) is 4.17. The van der Waals surface area contributed by atoms with Crippen LogP contribution in [0.5, 0.6) is 0 Å². The zero-order valence-electron chi connectivity index (χ0n) is 7.09. The summed E-state index contributed by atoms with van der Waals surface area (Å²) in [6.07, 6.45) is 3.07. The lowest BCUT2D eigenvalue weighted by Crippen LogP contribution is -1.85. The maximum absolute atomic E-state index is 5.79. The summed E-state index contributed by atoms with van der Waals surface area (Å²) in [5.41, 5.74) is 9.01. The zero-order valence-corrected chi connectivity index (χ0v) is 7.09. The van der Waals surface area contributed by atoms with Crippen molar-refractivity contribution in [3.8, 4) is 0 Å². The predicted octanol–water partition coefficient (Wildman–Crippen LogP) is 2.31. The van der Waals surface area contributed by atoms with E-state index in [0.29, 0.717) is 0 Å². The van der Waals surface area contributed by atoms with Crippen molar-refractivity contribution in [2.24, 2.45) is 0 Å². The highest BCUT2D eigenvalue weighted by Crippen LogP contribution is 2.23. The van der Waals surface area contributed by atoms with Gasteiger partial charge in [-0.05, 0) is 18.1 Å². The summed E-state index contributed by atoms with van der Waals surface area (Å²) >= 11 is 0. The van der Waals surface area contributed by atoms with Gasteiger partial charge in [-0.25, -0.2) is 0 Å². The highest BCUT2D eigenvalue weighted by molar-refractivity contribution is 5.92. The molecule has 0 aliphatic rings. The van der Waals surface area contributed by atoms with Crippen molar-refractivity contribution >= 4 is 16.6 Å². The number of nitrogens with one attached hydrogen (secondary N) is 1. The minimum Gasteiger partial charge on any atom is -0.397 e. The van der Waals surface area contributed by atoms with Crippen LogP contribution in [0, 0.1) is 0 Å². The largest absolute Gasteiger partial charge is 0.397 e. The second-order valence-corrected chi connectivity index (χ2v) is 2.94. The van der Waals surface area contributed by atoms with Gasteiger partial charge in [0.1, 0.15) is 0 Å². The summed E-state index contributed by atoms with van der Waals surface area (Å²) in [5, 5.41) is 1.25. The minimum absolute atomic E-state index is 0.826. The Morgan fingerprint density at radius 3 is 3.00 bits per heavy atom. The summed E-state index contributed by atoms with van der Waals surface area (Å²) in [4.78, 5) is 3.18. The van der Waals surface area contributed by atoms with Gasteiger partial charge in [-0.2, -0.15) is 0 Å². The van der Waals surface area contributed by atoms with Gasteiger partial charge < -0.3 is 10.7 Å². The Bertz CT molecular complexity index is 401. The van der Waals surface area contributed by atoms with Gasteiger partial charge in [0.15, 0.2) is 0 Å². The van der Waals surface area contributed by atoms with Crippen molar-refractivity contribution < 1.29 is 0 Å². The van der Waals surface area contributed by atoms with Gasteiger partial charge in [-0.3, -0.25) is 0 Å². The lowest BCUT2D eigenvalue weighted by molar-refractivity contribution is 1.15. The molecular weight excluding hydrogens is 148 g/mol. The Hall–Kier alpha value is -1.44. The van der Waals surface area contributed by atoms with Crippen molar-refractivity contribution in [3.05, 3.63) is 30.0 Å². The lowest BCUT2D eigenvalue weighted by atomic mass is 10.1. The Morgan fingerprint density at radius 1 is 1.42 bits per heavy atom. The van der Waals surface area contributed by atoms with E-state index in [1.165, 1.54) is 10.9 Å². The molecule has 0 saturated carbocycles. The van der Waals surface area contributed by atoms with Crippen LogP contribution in [-0.2, 0) is 6.42 Å². The molecule has 0 atom stereocenters. The van der Waals surface area contributed by atoms with Crippen LogP contribution in [0.2, 0.25) is 0 Å². The number of aromatic amines is 1. The first-order valence-corrected chi connectivity index (χ1v) is 4.17. The Kier molecular flexibility index (Phi) is 1.54. The first-order chi connectivity index (χ1) is 5.83. The molecule has 1 aromatic carbocycles. The van der Waals surface area contributed by atoms with Gasteiger partial charge in [0.05, 0.1) is 11.2 Å². The summed E-state index contributed by atoms with van der Waals surface area (Å²) < 4.78 is 0. The smallest absolute Gasteiger partial charge is 0.0690 e. The van der Waals surface area contributed by atoms with Crippen LogP contribution < -0.4 is 5.73 Å². The van der Waals surface area contributed by atoms with E-state index in [1.54, 1.807) is 0 Å². The predicted molar refractivity (Wildman–Crippen MR) is 52.1 cm³/mol. The Labute approximate surface area is 71.4 Å². The molecule has 1 heterocycles. The van der Waals surface area contributed by atoms with Crippen LogP contribution in [0.4, 0.5) is 5.69 Å². The summed E-state index contributed by atoms with van der Waals surface area (Å²) in [6.45, 7) is 2.14. The van der Waals surface area contributed by atoms with Crippen LogP contribution in [0.25, 0.3) is 10.9 Å². The first kappa shape index (κ1) is 7.22. The van der Waals surface area contributed by atoms with Crippen LogP contribution in [0.1, 0.15) is 12.5 Å². The van der Waals surface area contributed by atoms with E-state index in [0.717, 1.165) is 17.6 Å². The lowest BCUT2D eigenvalue weighted by Gasteiger charge is -1.95. The third-order valence-electron chi connectivity index (χ3n) is 2.21. The van der Waals surface area contributed by atoms with E-state index in [4.69, 9.17) is 5.73 Å². The molecule has 0 aliphatic carbocycles. The summed E-state index contributed by atoms with van der Waals surface area (Å²) in [6, 6.07) is 6.00. The fourth-order valence-electron chi connectivity index (χ4n) is 1.53. The number of benzene rings is 1. The highest BCUT2D eigenvalue weighted by atomic mass is 14.7. The number of nitrogens with two attached hydrogens (primary N) is 1. The second kappa shape index (κ2) is 2.55. The standard InChI is InChI=1S/C10H12N2/c1-2-7-6-12-10-8(7)4-3-5-9(10)11/h3-6,12H,2,11H2,1H3. The molecule has 0 unspecified atom stereocenters. The van der Waals surface area contributed by atoms with E-state index in [2.05, 4.69) is 18.0 Å². The molecule has 62 valence electrons. The van der Waals surface area contributed by atoms with Crippen LogP contribution in [-0.4, -0.2) is 4.98 Å². The van der Waals surface area contributed by atoms with Crippen LogP contribution in [0.15, 0.2) is 24.4 Å². The number of aryl methyl sites for hydroxylation is 1. The van der Waals surface area contributed by atoms with Gasteiger partial charge in [0.2, 0.25) is 0 Å². The van der Waals surface area contributed by atoms with Gasteiger partial charge >= 0.3 is 0 Å². The van der Waals surface area contributed by atoms with Crippen molar-refractivity contribution in [1.82, 2.24) is 4.98 Å². The number of fused-ring (bicyclic) bond motifs is 1. The van der Waals surface area contributed by atoms with E-state index in [1.807, 2.05) is 18.3 Å². The number of nitrogen functional groups attached to an aromatic ring is 1. The molecular formula is C10H12N2. The van der Waals surface area contributed by atoms with Crippen molar-refractivity contribution in [2.45, 2.75) is 13.3 Å². The fourth-order valence-corrected chi connectivity index (χ4v) is 1.53. The van der Waals surface area contributed by atoms with Crippen LogP contribution >= 0.6 is 0 Å². The molecule has 0 amide bonds. The van der Waals surface area contributed by atoms with E-state index < -0.39 is 0 Å². The average molecular weight is 160 g/mol. The van der Waals surface area contributed by atoms with Gasteiger partial charge in [-0.15, -0.1) is 0 Å². The summed E-state index contributed by atoms with van der Waals surface area (Å²) in [7, 11) is 0. The molecule has 0 bridgehead atoms.